The quantitative estimate of drug-likeness (QED) is 0.891. The Balaban J connectivity index is 1.66. The van der Waals surface area contributed by atoms with E-state index in [0.717, 1.165) is 5.56 Å². The third-order valence-electron chi connectivity index (χ3n) is 3.96. The standard InChI is InChI=1S/C17H20N4O3/c1-12-16(17(18)22)21(8-9-23-12)11-13-2-4-14(5-3-13)24-15-10-19-6-7-20-15/h2-7,10,12,16H,8-9,11H2,1H3,(H2,18,22)/t12-,16+/m1/s1. The summed E-state index contributed by atoms with van der Waals surface area (Å²) in [6.07, 6.45) is 4.53. The second-order valence-corrected chi connectivity index (χ2v) is 5.68. The lowest BCUT2D eigenvalue weighted by Gasteiger charge is -2.37. The van der Waals surface area contributed by atoms with Gasteiger partial charge in [0.2, 0.25) is 11.8 Å². The maximum Gasteiger partial charge on any atom is 0.237 e. The highest BCUT2D eigenvalue weighted by Crippen LogP contribution is 2.21. The Labute approximate surface area is 140 Å². The van der Waals surface area contributed by atoms with Crippen LogP contribution in [0.25, 0.3) is 0 Å². The van der Waals surface area contributed by atoms with Crippen molar-refractivity contribution in [2.24, 2.45) is 5.73 Å². The van der Waals surface area contributed by atoms with Crippen LogP contribution >= 0.6 is 0 Å². The number of nitrogens with two attached hydrogens (primary N) is 1. The molecule has 1 aliphatic rings. The first-order valence-corrected chi connectivity index (χ1v) is 7.81. The first kappa shape index (κ1) is 16.4. The highest BCUT2D eigenvalue weighted by molar-refractivity contribution is 5.80. The summed E-state index contributed by atoms with van der Waals surface area (Å²) in [6.45, 7) is 3.78. The number of amides is 1. The Kier molecular flexibility index (Phi) is 5.02. The van der Waals surface area contributed by atoms with Gasteiger partial charge < -0.3 is 15.2 Å². The molecule has 126 valence electrons. The Morgan fingerprint density at radius 2 is 2.17 bits per heavy atom. The Hall–Kier alpha value is -2.51. The van der Waals surface area contributed by atoms with Crippen LogP contribution in [0.5, 0.6) is 11.6 Å². The molecule has 0 saturated carbocycles. The van der Waals surface area contributed by atoms with Gasteiger partial charge in [0.15, 0.2) is 0 Å². The van der Waals surface area contributed by atoms with Crippen molar-refractivity contribution >= 4 is 5.91 Å². The maximum absolute atomic E-state index is 11.7. The molecular formula is C17H20N4O3. The van der Waals surface area contributed by atoms with Gasteiger partial charge in [-0.15, -0.1) is 0 Å². The van der Waals surface area contributed by atoms with Crippen molar-refractivity contribution in [3.8, 4) is 11.6 Å². The first-order valence-electron chi connectivity index (χ1n) is 7.81. The molecule has 2 N–H and O–H groups in total. The molecule has 0 radical (unpaired) electrons. The lowest BCUT2D eigenvalue weighted by molar-refractivity contribution is -0.136. The number of carbonyl (C=O) groups excluding carboxylic acids is 1. The van der Waals surface area contributed by atoms with Crippen LogP contribution in [-0.2, 0) is 16.1 Å². The minimum Gasteiger partial charge on any atom is -0.438 e. The van der Waals surface area contributed by atoms with Gasteiger partial charge in [-0.25, -0.2) is 4.98 Å². The molecule has 1 aromatic heterocycles. The summed E-state index contributed by atoms with van der Waals surface area (Å²) in [6, 6.07) is 7.25. The van der Waals surface area contributed by atoms with Crippen LogP contribution in [0.1, 0.15) is 12.5 Å². The van der Waals surface area contributed by atoms with Gasteiger partial charge in [-0.05, 0) is 24.6 Å². The van der Waals surface area contributed by atoms with Crippen molar-refractivity contribution in [1.29, 1.82) is 0 Å². The minimum atomic E-state index is -0.408. The molecule has 1 aromatic carbocycles. The van der Waals surface area contributed by atoms with E-state index in [0.29, 0.717) is 31.3 Å². The average molecular weight is 328 g/mol. The number of primary amides is 1. The molecule has 0 unspecified atom stereocenters. The topological polar surface area (TPSA) is 90.6 Å². The molecule has 1 fully saturated rings. The lowest BCUT2D eigenvalue weighted by atomic mass is 10.1. The summed E-state index contributed by atoms with van der Waals surface area (Å²) < 4.78 is 11.1. The van der Waals surface area contributed by atoms with Crippen molar-refractivity contribution in [3.05, 3.63) is 48.4 Å². The zero-order valence-corrected chi connectivity index (χ0v) is 13.5. The zero-order valence-electron chi connectivity index (χ0n) is 13.5. The molecule has 24 heavy (non-hydrogen) atoms. The molecule has 1 saturated heterocycles. The van der Waals surface area contributed by atoms with Gasteiger partial charge in [-0.1, -0.05) is 12.1 Å². The van der Waals surface area contributed by atoms with Crippen molar-refractivity contribution in [1.82, 2.24) is 14.9 Å². The number of nitrogens with zero attached hydrogens (tertiary/aromatic N) is 3. The van der Waals surface area contributed by atoms with Crippen molar-refractivity contribution in [2.75, 3.05) is 13.2 Å². The van der Waals surface area contributed by atoms with Gasteiger partial charge in [0.05, 0.1) is 18.9 Å². The van der Waals surface area contributed by atoms with Gasteiger partial charge in [0.1, 0.15) is 11.8 Å². The Morgan fingerprint density at radius 1 is 1.38 bits per heavy atom. The highest BCUT2D eigenvalue weighted by Gasteiger charge is 2.33. The van der Waals surface area contributed by atoms with E-state index in [1.165, 1.54) is 0 Å². The third-order valence-corrected chi connectivity index (χ3v) is 3.96. The molecule has 2 aromatic rings. The Morgan fingerprint density at radius 3 is 2.83 bits per heavy atom. The van der Waals surface area contributed by atoms with Crippen LogP contribution in [0.3, 0.4) is 0 Å². The number of benzene rings is 1. The molecule has 0 bridgehead atoms. The largest absolute Gasteiger partial charge is 0.438 e. The summed E-state index contributed by atoms with van der Waals surface area (Å²) in [4.78, 5) is 21.8. The first-order chi connectivity index (χ1) is 11.6. The predicted octanol–water partition coefficient (Wildman–Crippen LogP) is 1.34. The van der Waals surface area contributed by atoms with Crippen molar-refractivity contribution < 1.29 is 14.3 Å². The number of hydrogen-bond acceptors (Lipinski definition) is 6. The second-order valence-electron chi connectivity index (χ2n) is 5.68. The van der Waals surface area contributed by atoms with Crippen LogP contribution in [0.15, 0.2) is 42.9 Å². The summed E-state index contributed by atoms with van der Waals surface area (Å²) in [5.74, 6) is 0.770. The number of hydrogen-bond donors (Lipinski definition) is 1. The fraction of sp³-hybridized carbons (Fsp3) is 0.353. The summed E-state index contributed by atoms with van der Waals surface area (Å²) >= 11 is 0. The number of aromatic nitrogens is 2. The molecule has 7 nitrogen and oxygen atoms in total. The minimum absolute atomic E-state index is 0.199. The molecular weight excluding hydrogens is 308 g/mol. The Bertz CT molecular complexity index is 678. The fourth-order valence-electron chi connectivity index (χ4n) is 2.83. The normalized spacial score (nSPS) is 21.4. The SMILES string of the molecule is C[C@H]1OCCN(Cc2ccc(Oc3cnccn3)cc2)[C@@H]1C(N)=O. The summed E-state index contributed by atoms with van der Waals surface area (Å²) in [7, 11) is 0. The number of ether oxygens (including phenoxy) is 2. The van der Waals surface area contributed by atoms with E-state index in [1.807, 2.05) is 31.2 Å². The van der Waals surface area contributed by atoms with Crippen molar-refractivity contribution in [3.63, 3.8) is 0 Å². The number of rotatable bonds is 5. The second kappa shape index (κ2) is 7.37. The van der Waals surface area contributed by atoms with E-state index in [9.17, 15) is 4.79 Å². The van der Waals surface area contributed by atoms with Crippen LogP contribution in [0.4, 0.5) is 0 Å². The van der Waals surface area contributed by atoms with Gasteiger partial charge in [0.25, 0.3) is 0 Å². The van der Waals surface area contributed by atoms with Crippen LogP contribution < -0.4 is 10.5 Å². The van der Waals surface area contributed by atoms with E-state index in [2.05, 4.69) is 14.9 Å². The van der Waals surface area contributed by atoms with Gasteiger partial charge >= 0.3 is 0 Å². The molecule has 0 spiro atoms. The van der Waals surface area contributed by atoms with Crippen molar-refractivity contribution in [2.45, 2.75) is 25.6 Å². The molecule has 1 aliphatic heterocycles. The fourth-order valence-corrected chi connectivity index (χ4v) is 2.83. The molecule has 7 heteroatoms. The average Bonchev–Trinajstić information content (AvgIpc) is 2.57. The van der Waals surface area contributed by atoms with Gasteiger partial charge in [-0.2, -0.15) is 0 Å². The third kappa shape index (κ3) is 3.87. The zero-order chi connectivity index (χ0) is 16.9. The molecule has 1 amide bonds. The summed E-state index contributed by atoms with van der Waals surface area (Å²) in [5, 5.41) is 0. The molecule has 2 atom stereocenters. The molecule has 0 aliphatic carbocycles. The number of morpholine rings is 1. The van der Waals surface area contributed by atoms with Crippen LogP contribution in [0.2, 0.25) is 0 Å². The predicted molar refractivity (Wildman–Crippen MR) is 87.4 cm³/mol. The highest BCUT2D eigenvalue weighted by atomic mass is 16.5. The van der Waals surface area contributed by atoms with Gasteiger partial charge in [0, 0.05) is 25.5 Å². The van der Waals surface area contributed by atoms with Gasteiger partial charge in [-0.3, -0.25) is 14.7 Å². The van der Waals surface area contributed by atoms with E-state index < -0.39 is 6.04 Å². The smallest absolute Gasteiger partial charge is 0.237 e. The van der Waals surface area contributed by atoms with E-state index in [4.69, 9.17) is 15.2 Å². The summed E-state index contributed by atoms with van der Waals surface area (Å²) in [5.41, 5.74) is 6.59. The number of carbonyl (C=O) groups is 1. The van der Waals surface area contributed by atoms with Crippen LogP contribution in [-0.4, -0.2) is 46.1 Å². The van der Waals surface area contributed by atoms with Crippen LogP contribution in [0, 0.1) is 0 Å². The maximum atomic E-state index is 11.7. The monoisotopic (exact) mass is 328 g/mol. The van der Waals surface area contributed by atoms with E-state index in [-0.39, 0.29) is 12.0 Å². The molecule has 3 rings (SSSR count). The van der Waals surface area contributed by atoms with E-state index >= 15 is 0 Å². The van der Waals surface area contributed by atoms with E-state index in [1.54, 1.807) is 18.6 Å². The lowest BCUT2D eigenvalue weighted by Crippen LogP contribution is -2.56. The molecule has 2 heterocycles.